The van der Waals surface area contributed by atoms with E-state index in [-0.39, 0.29) is 11.4 Å². The molecule has 2 aromatic heterocycles. The van der Waals surface area contributed by atoms with Gasteiger partial charge in [0.1, 0.15) is 11.5 Å². The number of ether oxygens (including phenoxy) is 1. The summed E-state index contributed by atoms with van der Waals surface area (Å²) in [6, 6.07) is 11.1. The zero-order valence-electron chi connectivity index (χ0n) is 12.8. The third kappa shape index (κ3) is 3.24. The monoisotopic (exact) mass is 327 g/mol. The topological polar surface area (TPSA) is 72.7 Å². The van der Waals surface area contributed by atoms with Crippen molar-refractivity contribution in [3.05, 3.63) is 66.4 Å². The van der Waals surface area contributed by atoms with Gasteiger partial charge in [-0.3, -0.25) is 4.79 Å². The summed E-state index contributed by atoms with van der Waals surface area (Å²) in [5, 5.41) is 2.38. The molecule has 1 amide bonds. The minimum Gasteiger partial charge on any atom is -0.448 e. The van der Waals surface area contributed by atoms with Crippen molar-refractivity contribution in [1.29, 1.82) is 0 Å². The van der Waals surface area contributed by atoms with E-state index in [2.05, 4.69) is 10.3 Å². The van der Waals surface area contributed by atoms with Crippen LogP contribution in [0.5, 0.6) is 0 Å². The number of para-hydroxylation sites is 1. The Bertz CT molecular complexity index is 874. The molecule has 0 saturated heterocycles. The number of esters is 1. The molecule has 0 aliphatic heterocycles. The molecule has 2 heterocycles. The lowest BCUT2D eigenvalue weighted by molar-refractivity contribution is -0.123. The molecule has 0 aliphatic rings. The molecule has 0 unspecified atom stereocenters. The fourth-order valence-corrected chi connectivity index (χ4v) is 2.10. The Kier molecular flexibility index (Phi) is 4.24. The molecule has 0 bridgehead atoms. The van der Waals surface area contributed by atoms with Crippen LogP contribution in [0.25, 0.3) is 5.65 Å². The van der Waals surface area contributed by atoms with Gasteiger partial charge in [0.2, 0.25) is 0 Å². The van der Waals surface area contributed by atoms with Crippen molar-refractivity contribution >= 4 is 23.2 Å². The maximum absolute atomic E-state index is 13.5. The SMILES string of the molecule is C[C@@H](OC(=O)c1cn2ccccc2n1)C(=O)Nc1ccccc1F. The van der Waals surface area contributed by atoms with Crippen LogP contribution in [0.2, 0.25) is 0 Å². The van der Waals surface area contributed by atoms with Crippen LogP contribution in [0.15, 0.2) is 54.9 Å². The minimum atomic E-state index is -1.10. The summed E-state index contributed by atoms with van der Waals surface area (Å²) >= 11 is 0. The van der Waals surface area contributed by atoms with E-state index in [4.69, 9.17) is 4.74 Å². The van der Waals surface area contributed by atoms with Gasteiger partial charge >= 0.3 is 5.97 Å². The minimum absolute atomic E-state index is 0.0260. The highest BCUT2D eigenvalue weighted by molar-refractivity contribution is 5.97. The Morgan fingerprint density at radius 3 is 2.71 bits per heavy atom. The highest BCUT2D eigenvalue weighted by Crippen LogP contribution is 2.13. The van der Waals surface area contributed by atoms with Crippen LogP contribution in [-0.4, -0.2) is 27.4 Å². The number of halogens is 1. The largest absolute Gasteiger partial charge is 0.448 e. The van der Waals surface area contributed by atoms with Gasteiger partial charge in [-0.15, -0.1) is 0 Å². The fourth-order valence-electron chi connectivity index (χ4n) is 2.10. The number of carbonyl (C=O) groups excluding carboxylic acids is 2. The van der Waals surface area contributed by atoms with Crippen LogP contribution in [0.1, 0.15) is 17.4 Å². The van der Waals surface area contributed by atoms with Crippen molar-refractivity contribution in [2.75, 3.05) is 5.32 Å². The van der Waals surface area contributed by atoms with Crippen molar-refractivity contribution in [3.8, 4) is 0 Å². The van der Waals surface area contributed by atoms with Crippen molar-refractivity contribution in [3.63, 3.8) is 0 Å². The second-order valence-corrected chi connectivity index (χ2v) is 5.11. The maximum Gasteiger partial charge on any atom is 0.359 e. The first-order chi connectivity index (χ1) is 11.5. The fraction of sp³-hybridized carbons (Fsp3) is 0.118. The zero-order chi connectivity index (χ0) is 17.1. The number of anilines is 1. The number of rotatable bonds is 4. The van der Waals surface area contributed by atoms with Crippen molar-refractivity contribution in [2.45, 2.75) is 13.0 Å². The normalized spacial score (nSPS) is 11.9. The number of nitrogens with one attached hydrogen (secondary N) is 1. The van der Waals surface area contributed by atoms with E-state index in [9.17, 15) is 14.0 Å². The smallest absolute Gasteiger partial charge is 0.359 e. The second-order valence-electron chi connectivity index (χ2n) is 5.11. The van der Waals surface area contributed by atoms with E-state index >= 15 is 0 Å². The van der Waals surface area contributed by atoms with Crippen LogP contribution >= 0.6 is 0 Å². The third-order valence-electron chi connectivity index (χ3n) is 3.36. The lowest BCUT2D eigenvalue weighted by Gasteiger charge is -2.13. The number of fused-ring (bicyclic) bond motifs is 1. The Hall–Kier alpha value is -3.22. The van der Waals surface area contributed by atoms with Gasteiger partial charge in [0.25, 0.3) is 5.91 Å². The van der Waals surface area contributed by atoms with Crippen LogP contribution < -0.4 is 5.32 Å². The molecule has 0 spiro atoms. The lowest BCUT2D eigenvalue weighted by Crippen LogP contribution is -2.30. The Morgan fingerprint density at radius 2 is 1.96 bits per heavy atom. The summed E-state index contributed by atoms with van der Waals surface area (Å²) in [7, 11) is 0. The van der Waals surface area contributed by atoms with Gasteiger partial charge in [0.05, 0.1) is 5.69 Å². The second kappa shape index (κ2) is 6.49. The van der Waals surface area contributed by atoms with Crippen LogP contribution in [-0.2, 0) is 9.53 Å². The number of benzene rings is 1. The lowest BCUT2D eigenvalue weighted by atomic mass is 10.3. The van der Waals surface area contributed by atoms with E-state index in [1.165, 1.54) is 31.3 Å². The van der Waals surface area contributed by atoms with Crippen LogP contribution in [0.4, 0.5) is 10.1 Å². The molecular weight excluding hydrogens is 313 g/mol. The van der Waals surface area contributed by atoms with Gasteiger partial charge in [-0.05, 0) is 31.2 Å². The predicted octanol–water partition coefficient (Wildman–Crippen LogP) is 2.66. The Morgan fingerprint density at radius 1 is 1.21 bits per heavy atom. The van der Waals surface area contributed by atoms with Crippen molar-refractivity contribution < 1.29 is 18.7 Å². The average Bonchev–Trinajstić information content (AvgIpc) is 3.01. The molecule has 7 heteroatoms. The van der Waals surface area contributed by atoms with Gasteiger partial charge in [-0.1, -0.05) is 18.2 Å². The molecule has 122 valence electrons. The number of carbonyl (C=O) groups is 2. The summed E-state index contributed by atoms with van der Waals surface area (Å²) in [5.74, 6) is -1.92. The number of hydrogen-bond donors (Lipinski definition) is 1. The summed E-state index contributed by atoms with van der Waals surface area (Å²) in [6.07, 6.45) is 2.16. The van der Waals surface area contributed by atoms with E-state index in [1.807, 2.05) is 0 Å². The van der Waals surface area contributed by atoms with Gasteiger partial charge < -0.3 is 14.5 Å². The molecule has 0 saturated carbocycles. The van der Waals surface area contributed by atoms with Gasteiger partial charge in [-0.25, -0.2) is 14.2 Å². The summed E-state index contributed by atoms with van der Waals surface area (Å²) in [6.45, 7) is 1.41. The van der Waals surface area contributed by atoms with Crippen LogP contribution in [0.3, 0.4) is 0 Å². The number of aromatic nitrogens is 2. The molecule has 1 atom stereocenters. The number of pyridine rings is 1. The first-order valence-electron chi connectivity index (χ1n) is 7.25. The molecule has 0 aliphatic carbocycles. The molecule has 3 aromatic rings. The van der Waals surface area contributed by atoms with Gasteiger partial charge in [0, 0.05) is 12.4 Å². The van der Waals surface area contributed by atoms with E-state index in [0.717, 1.165) is 0 Å². The summed E-state index contributed by atoms with van der Waals surface area (Å²) in [5.41, 5.74) is 0.706. The Labute approximate surface area is 136 Å². The Balaban J connectivity index is 1.67. The maximum atomic E-state index is 13.5. The average molecular weight is 327 g/mol. The van der Waals surface area contributed by atoms with Crippen molar-refractivity contribution in [2.24, 2.45) is 0 Å². The quantitative estimate of drug-likeness (QED) is 0.748. The first-order valence-corrected chi connectivity index (χ1v) is 7.25. The van der Waals surface area contributed by atoms with Gasteiger partial charge in [-0.2, -0.15) is 0 Å². The highest BCUT2D eigenvalue weighted by Gasteiger charge is 2.21. The molecule has 24 heavy (non-hydrogen) atoms. The summed E-state index contributed by atoms with van der Waals surface area (Å²) in [4.78, 5) is 28.2. The van der Waals surface area contributed by atoms with E-state index in [1.54, 1.807) is 34.9 Å². The molecular formula is C17H14FN3O3. The standard InChI is InChI=1S/C17H14FN3O3/c1-11(16(22)20-13-7-3-2-6-12(13)18)24-17(23)14-10-21-9-5-4-8-15(21)19-14/h2-11H,1H3,(H,20,22)/t11-/m1/s1. The molecule has 1 N–H and O–H groups in total. The third-order valence-corrected chi connectivity index (χ3v) is 3.36. The molecule has 0 fully saturated rings. The molecule has 0 radical (unpaired) electrons. The first kappa shape index (κ1) is 15.7. The van der Waals surface area contributed by atoms with Crippen molar-refractivity contribution in [1.82, 2.24) is 9.38 Å². The number of nitrogens with zero attached hydrogens (tertiary/aromatic N) is 2. The molecule has 1 aromatic carbocycles. The summed E-state index contributed by atoms with van der Waals surface area (Å²) < 4.78 is 20.3. The molecule has 6 nitrogen and oxygen atoms in total. The predicted molar refractivity (Wildman–Crippen MR) is 85.1 cm³/mol. The zero-order valence-corrected chi connectivity index (χ0v) is 12.8. The number of imidazole rings is 1. The van der Waals surface area contributed by atoms with E-state index < -0.39 is 23.8 Å². The number of amides is 1. The molecule has 3 rings (SSSR count). The highest BCUT2D eigenvalue weighted by atomic mass is 19.1. The van der Waals surface area contributed by atoms with Gasteiger partial charge in [0.15, 0.2) is 11.8 Å². The number of hydrogen-bond acceptors (Lipinski definition) is 4. The van der Waals surface area contributed by atoms with E-state index in [0.29, 0.717) is 5.65 Å². The van der Waals surface area contributed by atoms with Crippen LogP contribution in [0, 0.1) is 5.82 Å².